The first-order valence-electron chi connectivity index (χ1n) is 5.83. The lowest BCUT2D eigenvalue weighted by Crippen LogP contribution is -2.11. The Balaban J connectivity index is 2.44. The van der Waals surface area contributed by atoms with Crippen LogP contribution in [0.5, 0.6) is 0 Å². The third kappa shape index (κ3) is 2.91. The molecule has 6 heteroatoms. The van der Waals surface area contributed by atoms with Crippen molar-refractivity contribution in [3.63, 3.8) is 0 Å². The van der Waals surface area contributed by atoms with Crippen molar-refractivity contribution in [2.24, 2.45) is 0 Å². The predicted molar refractivity (Wildman–Crippen MR) is 81.0 cm³/mol. The van der Waals surface area contributed by atoms with Gasteiger partial charge in [0, 0.05) is 12.1 Å². The highest BCUT2D eigenvalue weighted by atomic mass is 127. The number of rotatable bonds is 5. The fraction of sp³-hybridized carbons (Fsp3) is 0.143. The number of carboxylic acids is 1. The lowest BCUT2D eigenvalue weighted by molar-refractivity contribution is 0.0685. The molecule has 0 unspecified atom stereocenters. The Kier molecular flexibility index (Phi) is 4.56. The molecule has 0 aliphatic carbocycles. The zero-order valence-electron chi connectivity index (χ0n) is 10.4. The summed E-state index contributed by atoms with van der Waals surface area (Å²) in [5.41, 5.74) is 2.06. The maximum absolute atomic E-state index is 11.2. The molecule has 2 rings (SSSR count). The average Bonchev–Trinajstić information content (AvgIpc) is 2.76. The Morgan fingerprint density at radius 2 is 2.00 bits per heavy atom. The van der Waals surface area contributed by atoms with E-state index in [9.17, 15) is 14.7 Å². The highest BCUT2D eigenvalue weighted by Crippen LogP contribution is 2.19. The van der Waals surface area contributed by atoms with Crippen LogP contribution < -0.4 is 0 Å². The molecule has 1 aromatic heterocycles. The van der Waals surface area contributed by atoms with E-state index in [1.807, 2.05) is 34.7 Å². The molecule has 0 atom stereocenters. The molecular weight excluding hydrogens is 373 g/mol. The second-order valence-electron chi connectivity index (χ2n) is 4.26. The highest BCUT2D eigenvalue weighted by molar-refractivity contribution is 14.1. The van der Waals surface area contributed by atoms with Gasteiger partial charge in [0.25, 0.3) is 0 Å². The maximum atomic E-state index is 11.2. The van der Waals surface area contributed by atoms with Gasteiger partial charge < -0.3 is 14.8 Å². The minimum absolute atomic E-state index is 0.0675. The summed E-state index contributed by atoms with van der Waals surface area (Å²) in [6.45, 7) is 0.267. The van der Waals surface area contributed by atoms with Gasteiger partial charge in [-0.25, -0.2) is 4.79 Å². The monoisotopic (exact) mass is 385 g/mol. The SMILES string of the molecule is O=Cc1cc(C(=O)O)n(Cc2cccc(CO)c2)c1I. The fourth-order valence-corrected chi connectivity index (χ4v) is 2.68. The Morgan fingerprint density at radius 3 is 2.60 bits per heavy atom. The molecule has 1 aromatic carbocycles. The minimum atomic E-state index is -1.07. The molecule has 104 valence electrons. The van der Waals surface area contributed by atoms with Crippen molar-refractivity contribution in [2.75, 3.05) is 0 Å². The van der Waals surface area contributed by atoms with Crippen molar-refractivity contribution >= 4 is 34.8 Å². The highest BCUT2D eigenvalue weighted by Gasteiger charge is 2.17. The first kappa shape index (κ1) is 14.7. The summed E-state index contributed by atoms with van der Waals surface area (Å²) < 4.78 is 2.16. The number of carbonyl (C=O) groups is 2. The molecule has 0 amide bonds. The molecule has 0 fully saturated rings. The van der Waals surface area contributed by atoms with Crippen LogP contribution in [0.15, 0.2) is 30.3 Å². The number of aliphatic hydroxyl groups excluding tert-OH is 1. The number of carboxylic acid groups (broad SMARTS) is 1. The second-order valence-corrected chi connectivity index (χ2v) is 5.28. The zero-order chi connectivity index (χ0) is 14.7. The van der Waals surface area contributed by atoms with Crippen LogP contribution in [0.1, 0.15) is 32.0 Å². The third-order valence-electron chi connectivity index (χ3n) is 2.92. The van der Waals surface area contributed by atoms with E-state index in [2.05, 4.69) is 0 Å². The smallest absolute Gasteiger partial charge is 0.352 e. The van der Waals surface area contributed by atoms with Crippen LogP contribution in [0.25, 0.3) is 0 Å². The van der Waals surface area contributed by atoms with Crippen molar-refractivity contribution < 1.29 is 19.8 Å². The standard InChI is InChI=1S/C14H12INO4/c15-13-11(8-18)5-12(14(19)20)16(13)6-9-2-1-3-10(4-9)7-17/h1-5,8,17H,6-7H2,(H,19,20). The van der Waals surface area contributed by atoms with Gasteiger partial charge in [-0.2, -0.15) is 0 Å². The van der Waals surface area contributed by atoms with E-state index in [0.717, 1.165) is 11.1 Å². The number of hydrogen-bond donors (Lipinski definition) is 2. The summed E-state index contributed by atoms with van der Waals surface area (Å²) in [6, 6.07) is 8.62. The second kappa shape index (κ2) is 6.19. The number of aliphatic hydroxyl groups is 1. The molecule has 2 aromatic rings. The molecule has 0 radical (unpaired) electrons. The van der Waals surface area contributed by atoms with Gasteiger partial charge >= 0.3 is 5.97 Å². The van der Waals surface area contributed by atoms with Crippen LogP contribution in [0, 0.1) is 3.70 Å². The molecular formula is C14H12INO4. The van der Waals surface area contributed by atoms with Crippen LogP contribution in [0.3, 0.4) is 0 Å². The van der Waals surface area contributed by atoms with E-state index in [4.69, 9.17) is 5.11 Å². The van der Waals surface area contributed by atoms with E-state index in [0.29, 0.717) is 22.1 Å². The molecule has 5 nitrogen and oxygen atoms in total. The summed E-state index contributed by atoms with van der Waals surface area (Å²) in [5.74, 6) is -1.07. The van der Waals surface area contributed by atoms with Crippen molar-refractivity contribution in [3.05, 3.63) is 56.4 Å². The molecule has 0 aliphatic heterocycles. The summed E-state index contributed by atoms with van der Waals surface area (Å²) in [7, 11) is 0. The van der Waals surface area contributed by atoms with E-state index in [-0.39, 0.29) is 12.3 Å². The predicted octanol–water partition coefficient (Wildman–Crippen LogP) is 2.14. The Morgan fingerprint density at radius 1 is 1.30 bits per heavy atom. The van der Waals surface area contributed by atoms with Gasteiger partial charge in [-0.05, 0) is 39.8 Å². The van der Waals surface area contributed by atoms with Crippen LogP contribution in [-0.2, 0) is 13.2 Å². The number of aldehydes is 1. The number of benzene rings is 1. The summed E-state index contributed by atoms with van der Waals surface area (Å²) in [5, 5.41) is 18.3. The Bertz CT molecular complexity index is 663. The molecule has 0 spiro atoms. The van der Waals surface area contributed by atoms with E-state index in [1.165, 1.54) is 6.07 Å². The number of aromatic nitrogens is 1. The van der Waals surface area contributed by atoms with Crippen molar-refractivity contribution in [2.45, 2.75) is 13.2 Å². The van der Waals surface area contributed by atoms with Crippen LogP contribution >= 0.6 is 22.6 Å². The first-order chi connectivity index (χ1) is 9.56. The molecule has 20 heavy (non-hydrogen) atoms. The summed E-state index contributed by atoms with van der Waals surface area (Å²) in [6.07, 6.45) is 0.648. The molecule has 0 bridgehead atoms. The summed E-state index contributed by atoms with van der Waals surface area (Å²) in [4.78, 5) is 22.2. The van der Waals surface area contributed by atoms with Gasteiger partial charge in [0.05, 0.1) is 10.3 Å². The van der Waals surface area contributed by atoms with Crippen molar-refractivity contribution in [3.8, 4) is 0 Å². The fourth-order valence-electron chi connectivity index (χ4n) is 1.97. The lowest BCUT2D eigenvalue weighted by atomic mass is 10.1. The average molecular weight is 385 g/mol. The Labute approximate surface area is 129 Å². The molecule has 0 saturated carbocycles. The molecule has 1 heterocycles. The molecule has 0 saturated heterocycles. The van der Waals surface area contributed by atoms with Crippen LogP contribution in [0.4, 0.5) is 0 Å². The zero-order valence-corrected chi connectivity index (χ0v) is 12.6. The minimum Gasteiger partial charge on any atom is -0.477 e. The summed E-state index contributed by atoms with van der Waals surface area (Å²) >= 11 is 1.96. The lowest BCUT2D eigenvalue weighted by Gasteiger charge is -2.09. The van der Waals surface area contributed by atoms with Gasteiger partial charge in [0.15, 0.2) is 6.29 Å². The van der Waals surface area contributed by atoms with Gasteiger partial charge in [0.2, 0.25) is 0 Å². The maximum Gasteiger partial charge on any atom is 0.352 e. The van der Waals surface area contributed by atoms with Gasteiger partial charge in [-0.15, -0.1) is 0 Å². The number of nitrogens with zero attached hydrogens (tertiary/aromatic N) is 1. The van der Waals surface area contributed by atoms with Gasteiger partial charge in [-0.3, -0.25) is 4.79 Å². The Hall–Kier alpha value is -1.67. The van der Waals surface area contributed by atoms with Crippen LogP contribution in [0.2, 0.25) is 0 Å². The van der Waals surface area contributed by atoms with E-state index < -0.39 is 5.97 Å². The van der Waals surface area contributed by atoms with E-state index >= 15 is 0 Å². The molecule has 2 N–H and O–H groups in total. The number of aromatic carboxylic acids is 1. The van der Waals surface area contributed by atoms with Gasteiger partial charge in [-0.1, -0.05) is 24.3 Å². The number of halogens is 1. The van der Waals surface area contributed by atoms with E-state index in [1.54, 1.807) is 16.7 Å². The molecule has 0 aliphatic rings. The number of carbonyl (C=O) groups excluding carboxylic acids is 1. The normalized spacial score (nSPS) is 10.5. The quantitative estimate of drug-likeness (QED) is 0.611. The first-order valence-corrected chi connectivity index (χ1v) is 6.91. The topological polar surface area (TPSA) is 79.5 Å². The third-order valence-corrected chi connectivity index (χ3v) is 4.12. The number of hydrogen-bond acceptors (Lipinski definition) is 3. The largest absolute Gasteiger partial charge is 0.477 e. The van der Waals surface area contributed by atoms with Crippen molar-refractivity contribution in [1.29, 1.82) is 0 Å². The van der Waals surface area contributed by atoms with Crippen molar-refractivity contribution in [1.82, 2.24) is 4.57 Å². The van der Waals surface area contributed by atoms with Gasteiger partial charge in [0.1, 0.15) is 5.69 Å². The van der Waals surface area contributed by atoms with Crippen LogP contribution in [-0.4, -0.2) is 27.0 Å².